The fourth-order valence-corrected chi connectivity index (χ4v) is 2.21. The van der Waals surface area contributed by atoms with E-state index in [1.807, 2.05) is 0 Å². The summed E-state index contributed by atoms with van der Waals surface area (Å²) in [6.45, 7) is 0. The van der Waals surface area contributed by atoms with Crippen molar-refractivity contribution in [3.8, 4) is 0 Å². The number of carboxylic acids is 1. The van der Waals surface area contributed by atoms with E-state index in [9.17, 15) is 26.4 Å². The van der Waals surface area contributed by atoms with Crippen LogP contribution in [-0.4, -0.2) is 25.0 Å². The van der Waals surface area contributed by atoms with Crippen LogP contribution in [0.15, 0.2) is 36.4 Å². The van der Waals surface area contributed by atoms with Gasteiger partial charge in [0.05, 0.1) is 5.56 Å². The van der Waals surface area contributed by atoms with Crippen molar-refractivity contribution < 1.29 is 31.5 Å². The van der Waals surface area contributed by atoms with Crippen LogP contribution < -0.4 is 4.72 Å². The maximum absolute atomic E-state index is 12.3. The van der Waals surface area contributed by atoms with Gasteiger partial charge in [0.25, 0.3) is 0 Å². The Morgan fingerprint density at radius 2 is 1.62 bits per heavy atom. The van der Waals surface area contributed by atoms with Crippen molar-refractivity contribution >= 4 is 32.5 Å². The Morgan fingerprint density at radius 3 is 2.19 bits per heavy atom. The molecule has 2 N–H and O–H groups in total. The van der Waals surface area contributed by atoms with Gasteiger partial charge in [-0.05, 0) is 35.0 Å². The zero-order valence-electron chi connectivity index (χ0n) is 10.2. The van der Waals surface area contributed by atoms with Gasteiger partial charge >= 0.3 is 21.5 Å². The van der Waals surface area contributed by atoms with Gasteiger partial charge in [0.1, 0.15) is 0 Å². The molecule has 0 fully saturated rings. The van der Waals surface area contributed by atoms with E-state index in [1.165, 1.54) is 35.1 Å². The maximum Gasteiger partial charge on any atom is 0.516 e. The summed E-state index contributed by atoms with van der Waals surface area (Å²) in [7, 11) is -5.49. The number of carbonyl (C=O) groups is 1. The summed E-state index contributed by atoms with van der Waals surface area (Å²) in [5, 5.41) is 9.69. The highest BCUT2D eigenvalue weighted by molar-refractivity contribution is 7.93. The molecule has 0 bridgehead atoms. The fourth-order valence-electron chi connectivity index (χ4n) is 1.66. The molecule has 0 heterocycles. The first-order valence-corrected chi connectivity index (χ1v) is 6.95. The molecule has 0 radical (unpaired) electrons. The van der Waals surface area contributed by atoms with Crippen molar-refractivity contribution in [1.82, 2.24) is 0 Å². The van der Waals surface area contributed by atoms with Crippen molar-refractivity contribution in [2.45, 2.75) is 5.51 Å². The van der Waals surface area contributed by atoms with E-state index in [0.29, 0.717) is 10.8 Å². The van der Waals surface area contributed by atoms with E-state index in [4.69, 9.17) is 5.11 Å². The van der Waals surface area contributed by atoms with Gasteiger partial charge in [-0.15, -0.1) is 0 Å². The fraction of sp³-hybridized carbons (Fsp3) is 0.0833. The van der Waals surface area contributed by atoms with Crippen LogP contribution in [0.4, 0.5) is 18.9 Å². The molecule has 2 rings (SSSR count). The molecule has 0 aliphatic carbocycles. The molecular formula is C12H8F3NO4S. The summed E-state index contributed by atoms with van der Waals surface area (Å²) >= 11 is 0. The third kappa shape index (κ3) is 3.07. The Balaban J connectivity index is 2.41. The monoisotopic (exact) mass is 319 g/mol. The molecule has 0 amide bonds. The second-order valence-corrected chi connectivity index (χ2v) is 5.81. The van der Waals surface area contributed by atoms with Crippen LogP contribution in [0, 0.1) is 0 Å². The summed E-state index contributed by atoms with van der Waals surface area (Å²) < 4.78 is 60.2. The zero-order valence-corrected chi connectivity index (χ0v) is 11.0. The molecule has 0 aliphatic heterocycles. The molecule has 9 heteroatoms. The minimum Gasteiger partial charge on any atom is -0.478 e. The number of anilines is 1. The first-order valence-electron chi connectivity index (χ1n) is 5.46. The number of hydrogen-bond acceptors (Lipinski definition) is 3. The van der Waals surface area contributed by atoms with Gasteiger partial charge in [-0.25, -0.2) is 4.79 Å². The average molecular weight is 319 g/mol. The number of aromatic carboxylic acids is 1. The predicted molar refractivity (Wildman–Crippen MR) is 69.5 cm³/mol. The number of rotatable bonds is 3. The second kappa shape index (κ2) is 4.92. The maximum atomic E-state index is 12.3. The molecule has 0 unspecified atom stereocenters. The number of sulfonamides is 1. The Kier molecular flexibility index (Phi) is 3.54. The lowest BCUT2D eigenvalue weighted by atomic mass is 10.1. The van der Waals surface area contributed by atoms with E-state index < -0.39 is 21.5 Å². The number of benzene rings is 2. The Labute approximate surface area is 117 Å². The van der Waals surface area contributed by atoms with Gasteiger partial charge in [0.15, 0.2) is 0 Å². The quantitative estimate of drug-likeness (QED) is 0.911. The SMILES string of the molecule is O=C(O)c1ccc2cc(NS(=O)(=O)C(F)(F)F)ccc2c1. The van der Waals surface area contributed by atoms with Crippen molar-refractivity contribution in [2.24, 2.45) is 0 Å². The molecule has 0 atom stereocenters. The third-order valence-corrected chi connectivity index (χ3v) is 3.76. The van der Waals surface area contributed by atoms with Gasteiger partial charge in [-0.3, -0.25) is 4.72 Å². The van der Waals surface area contributed by atoms with Crippen LogP contribution >= 0.6 is 0 Å². The number of halogens is 3. The molecule has 0 aliphatic rings. The van der Waals surface area contributed by atoms with E-state index in [-0.39, 0.29) is 11.3 Å². The van der Waals surface area contributed by atoms with Gasteiger partial charge in [-0.1, -0.05) is 12.1 Å². The van der Waals surface area contributed by atoms with E-state index in [0.717, 1.165) is 6.07 Å². The van der Waals surface area contributed by atoms with Crippen molar-refractivity contribution in [3.05, 3.63) is 42.0 Å². The summed E-state index contributed by atoms with van der Waals surface area (Å²) in [5.41, 5.74) is -5.65. The van der Waals surface area contributed by atoms with E-state index in [1.54, 1.807) is 0 Å². The van der Waals surface area contributed by atoms with E-state index >= 15 is 0 Å². The molecule has 5 nitrogen and oxygen atoms in total. The molecule has 2 aromatic rings. The highest BCUT2D eigenvalue weighted by Crippen LogP contribution is 2.27. The number of fused-ring (bicyclic) bond motifs is 1. The smallest absolute Gasteiger partial charge is 0.478 e. The second-order valence-electron chi connectivity index (χ2n) is 4.13. The minimum atomic E-state index is -5.49. The minimum absolute atomic E-state index is 0.0196. The number of hydrogen-bond donors (Lipinski definition) is 2. The Morgan fingerprint density at radius 1 is 1.05 bits per heavy atom. The highest BCUT2D eigenvalue weighted by atomic mass is 32.2. The molecule has 21 heavy (non-hydrogen) atoms. The third-order valence-electron chi connectivity index (χ3n) is 2.64. The highest BCUT2D eigenvalue weighted by Gasteiger charge is 2.46. The average Bonchev–Trinajstić information content (AvgIpc) is 2.36. The molecule has 0 saturated heterocycles. The zero-order chi connectivity index (χ0) is 15.8. The Bertz CT molecular complexity index is 815. The van der Waals surface area contributed by atoms with Gasteiger partial charge in [0.2, 0.25) is 0 Å². The number of alkyl halides is 3. The van der Waals surface area contributed by atoms with Crippen LogP contribution in [0.25, 0.3) is 10.8 Å². The Hall–Kier alpha value is -2.29. The lowest BCUT2D eigenvalue weighted by molar-refractivity contribution is -0.0429. The standard InChI is InChI=1S/C12H8F3NO4S/c13-12(14,15)21(19,20)16-10-4-3-7-5-9(11(17)18)2-1-8(7)6-10/h1-6,16H,(H,17,18). The van der Waals surface area contributed by atoms with Crippen LogP contribution in [0.2, 0.25) is 0 Å². The lowest BCUT2D eigenvalue weighted by Crippen LogP contribution is -2.29. The summed E-state index contributed by atoms with van der Waals surface area (Å²) in [5.74, 6) is -1.14. The van der Waals surface area contributed by atoms with Crippen molar-refractivity contribution in [1.29, 1.82) is 0 Å². The topological polar surface area (TPSA) is 83.5 Å². The van der Waals surface area contributed by atoms with Crippen LogP contribution in [0.3, 0.4) is 0 Å². The molecule has 2 aromatic carbocycles. The first kappa shape index (κ1) is 15.1. The molecule has 0 saturated carbocycles. The van der Waals surface area contributed by atoms with Crippen LogP contribution in [0.5, 0.6) is 0 Å². The van der Waals surface area contributed by atoms with Gasteiger partial charge in [0, 0.05) is 5.69 Å². The number of nitrogens with one attached hydrogen (secondary N) is 1. The van der Waals surface area contributed by atoms with Crippen molar-refractivity contribution in [3.63, 3.8) is 0 Å². The van der Waals surface area contributed by atoms with Gasteiger partial charge < -0.3 is 5.11 Å². The molecule has 112 valence electrons. The van der Waals surface area contributed by atoms with Crippen molar-refractivity contribution in [2.75, 3.05) is 4.72 Å². The predicted octanol–water partition coefficient (Wildman–Crippen LogP) is 2.80. The number of carboxylic acid groups (broad SMARTS) is 1. The first-order chi connectivity index (χ1) is 9.60. The molecular weight excluding hydrogens is 311 g/mol. The molecule has 0 spiro atoms. The van der Waals surface area contributed by atoms with Gasteiger partial charge in [-0.2, -0.15) is 21.6 Å². The molecule has 0 aromatic heterocycles. The summed E-state index contributed by atoms with van der Waals surface area (Å²) in [6.07, 6.45) is 0. The van der Waals surface area contributed by atoms with E-state index in [2.05, 4.69) is 0 Å². The largest absolute Gasteiger partial charge is 0.516 e. The summed E-state index contributed by atoms with van der Waals surface area (Å²) in [6, 6.07) is 7.62. The van der Waals surface area contributed by atoms with Crippen LogP contribution in [0.1, 0.15) is 10.4 Å². The lowest BCUT2D eigenvalue weighted by Gasteiger charge is -2.11. The van der Waals surface area contributed by atoms with Crippen LogP contribution in [-0.2, 0) is 10.0 Å². The summed E-state index contributed by atoms with van der Waals surface area (Å²) in [4.78, 5) is 10.8. The normalized spacial score (nSPS) is 12.3.